The van der Waals surface area contributed by atoms with Crippen molar-refractivity contribution >= 4 is 5.91 Å². The third kappa shape index (κ3) is 4.63. The molecule has 10 heteroatoms. The van der Waals surface area contributed by atoms with E-state index in [4.69, 9.17) is 4.74 Å². The average molecular weight is 418 g/mol. The van der Waals surface area contributed by atoms with Gasteiger partial charge in [-0.3, -0.25) is 4.79 Å². The Balaban J connectivity index is 2.00. The number of alkyl halides is 6. The monoisotopic (exact) mass is 418 g/mol. The highest BCUT2D eigenvalue weighted by Gasteiger charge is 2.37. The van der Waals surface area contributed by atoms with Gasteiger partial charge in [0, 0.05) is 19.3 Å². The first kappa shape index (κ1) is 20.9. The molecule has 0 radical (unpaired) electrons. The minimum atomic E-state index is -4.95. The van der Waals surface area contributed by atoms with Crippen molar-refractivity contribution in [3.8, 4) is 5.88 Å². The molecular formula is C19H16F6N2O2. The number of hydrogen-bond donors (Lipinski definition) is 0. The lowest BCUT2D eigenvalue weighted by Crippen LogP contribution is -2.35. The van der Waals surface area contributed by atoms with Crippen LogP contribution < -0.4 is 4.74 Å². The lowest BCUT2D eigenvalue weighted by Gasteiger charge is -2.27. The third-order valence-electron chi connectivity index (χ3n) is 4.46. The van der Waals surface area contributed by atoms with Crippen LogP contribution in [0.4, 0.5) is 26.3 Å². The predicted octanol–water partition coefficient (Wildman–Crippen LogP) is 4.85. The summed E-state index contributed by atoms with van der Waals surface area (Å²) in [5, 5.41) is 0. The number of pyridine rings is 1. The molecule has 0 saturated carbocycles. The van der Waals surface area contributed by atoms with E-state index < -0.39 is 35.9 Å². The normalized spacial score (nSPS) is 15.4. The van der Waals surface area contributed by atoms with Crippen LogP contribution in [0.1, 0.15) is 39.0 Å². The summed E-state index contributed by atoms with van der Waals surface area (Å²) in [7, 11) is 0. The van der Waals surface area contributed by atoms with Gasteiger partial charge in [-0.1, -0.05) is 0 Å². The molecule has 1 aromatic carbocycles. The summed E-state index contributed by atoms with van der Waals surface area (Å²) in [5.41, 5.74) is -2.39. The first-order valence-corrected chi connectivity index (χ1v) is 8.63. The van der Waals surface area contributed by atoms with Gasteiger partial charge in [-0.05, 0) is 48.7 Å². The van der Waals surface area contributed by atoms with Gasteiger partial charge in [0.15, 0.2) is 0 Å². The number of aromatic nitrogens is 1. The van der Waals surface area contributed by atoms with Crippen LogP contribution in [0.3, 0.4) is 0 Å². The van der Waals surface area contributed by atoms with Gasteiger partial charge in [-0.2, -0.15) is 26.3 Å². The van der Waals surface area contributed by atoms with Crippen LogP contribution in [0.5, 0.6) is 5.88 Å². The van der Waals surface area contributed by atoms with Crippen molar-refractivity contribution in [2.45, 2.75) is 32.2 Å². The zero-order chi connectivity index (χ0) is 21.4. The molecule has 1 aromatic heterocycles. The van der Waals surface area contributed by atoms with E-state index >= 15 is 0 Å². The Morgan fingerprint density at radius 1 is 1.07 bits per heavy atom. The van der Waals surface area contributed by atoms with Crippen LogP contribution in [0.2, 0.25) is 0 Å². The van der Waals surface area contributed by atoms with Crippen LogP contribution >= 0.6 is 0 Å². The number of benzene rings is 1. The second-order valence-corrected chi connectivity index (χ2v) is 6.65. The molecule has 0 aliphatic carbocycles. The van der Waals surface area contributed by atoms with E-state index in [9.17, 15) is 31.1 Å². The number of fused-ring (bicyclic) bond motifs is 1. The number of nitrogens with zero attached hydrogens (tertiary/aromatic N) is 2. The first-order chi connectivity index (χ1) is 13.5. The number of hydrogen-bond acceptors (Lipinski definition) is 3. The molecule has 3 rings (SSSR count). The van der Waals surface area contributed by atoms with Gasteiger partial charge >= 0.3 is 12.4 Å². The summed E-state index contributed by atoms with van der Waals surface area (Å²) in [6, 6.07) is 2.91. The summed E-state index contributed by atoms with van der Waals surface area (Å²) in [6.45, 7) is 1.57. The highest BCUT2D eigenvalue weighted by Crippen LogP contribution is 2.36. The Morgan fingerprint density at radius 3 is 2.28 bits per heavy atom. The van der Waals surface area contributed by atoms with Crippen molar-refractivity contribution in [3.63, 3.8) is 0 Å². The zero-order valence-electron chi connectivity index (χ0n) is 15.2. The highest BCUT2D eigenvalue weighted by molar-refractivity contribution is 5.97. The van der Waals surface area contributed by atoms with Crippen molar-refractivity contribution < 1.29 is 35.9 Å². The SMILES string of the molecule is Cc1ccnc2c1C(=O)N(Cc1cc(C(F)(F)F)cc(C(F)(F)F)c1)CCCO2. The fourth-order valence-electron chi connectivity index (χ4n) is 3.07. The van der Waals surface area contributed by atoms with E-state index in [1.54, 1.807) is 13.0 Å². The number of carbonyl (C=O) groups excluding carboxylic acids is 1. The lowest BCUT2D eigenvalue weighted by molar-refractivity contribution is -0.143. The molecule has 29 heavy (non-hydrogen) atoms. The number of rotatable bonds is 2. The molecule has 1 aliphatic heterocycles. The maximum atomic E-state index is 13.1. The van der Waals surface area contributed by atoms with Crippen LogP contribution in [0.25, 0.3) is 0 Å². The second kappa shape index (κ2) is 7.57. The van der Waals surface area contributed by atoms with E-state index in [1.807, 2.05) is 0 Å². The van der Waals surface area contributed by atoms with Crippen molar-refractivity contribution in [1.29, 1.82) is 0 Å². The molecule has 0 N–H and O–H groups in total. The van der Waals surface area contributed by atoms with E-state index in [0.717, 1.165) is 0 Å². The van der Waals surface area contributed by atoms with Crippen LogP contribution in [0.15, 0.2) is 30.5 Å². The molecule has 2 heterocycles. The molecule has 4 nitrogen and oxygen atoms in total. The van der Waals surface area contributed by atoms with Crippen molar-refractivity contribution in [2.75, 3.05) is 13.2 Å². The zero-order valence-corrected chi connectivity index (χ0v) is 15.2. The fraction of sp³-hybridized carbons (Fsp3) is 0.368. The highest BCUT2D eigenvalue weighted by atomic mass is 19.4. The molecule has 1 amide bonds. The fourth-order valence-corrected chi connectivity index (χ4v) is 3.07. The Morgan fingerprint density at radius 2 is 1.69 bits per heavy atom. The van der Waals surface area contributed by atoms with Gasteiger partial charge in [0.2, 0.25) is 5.88 Å². The molecule has 0 fully saturated rings. The van der Waals surface area contributed by atoms with Crippen molar-refractivity contribution in [3.05, 3.63) is 58.3 Å². The Bertz CT molecular complexity index is 892. The standard InChI is InChI=1S/C19H16F6N2O2/c1-11-3-4-26-16-15(11)17(28)27(5-2-6-29-16)10-12-7-13(18(20,21)22)9-14(8-12)19(23,24)25/h3-4,7-9H,2,5-6,10H2,1H3. The molecule has 156 valence electrons. The van der Waals surface area contributed by atoms with Gasteiger partial charge in [0.1, 0.15) is 5.56 Å². The molecule has 2 aromatic rings. The molecule has 1 aliphatic rings. The number of halogens is 6. The largest absolute Gasteiger partial charge is 0.477 e. The molecule has 0 bridgehead atoms. The first-order valence-electron chi connectivity index (χ1n) is 8.63. The van der Waals surface area contributed by atoms with Gasteiger partial charge in [0.05, 0.1) is 17.7 Å². The van der Waals surface area contributed by atoms with Gasteiger partial charge < -0.3 is 9.64 Å². The molecule has 0 atom stereocenters. The molecule has 0 saturated heterocycles. The van der Waals surface area contributed by atoms with Gasteiger partial charge in [0.25, 0.3) is 5.91 Å². The Labute approximate surface area is 162 Å². The number of amides is 1. The second-order valence-electron chi connectivity index (χ2n) is 6.65. The smallest absolute Gasteiger partial charge is 0.416 e. The summed E-state index contributed by atoms with van der Waals surface area (Å²) in [6.07, 6.45) is -8.09. The van der Waals surface area contributed by atoms with Gasteiger partial charge in [-0.25, -0.2) is 4.98 Å². The number of ether oxygens (including phenoxy) is 1. The summed E-state index contributed by atoms with van der Waals surface area (Å²) in [5.74, 6) is -0.462. The molecule has 0 unspecified atom stereocenters. The summed E-state index contributed by atoms with van der Waals surface area (Å²) < 4.78 is 84.0. The number of aryl methyl sites for hydroxylation is 1. The van der Waals surface area contributed by atoms with Gasteiger partial charge in [-0.15, -0.1) is 0 Å². The number of carbonyl (C=O) groups is 1. The Hall–Kier alpha value is -2.78. The lowest BCUT2D eigenvalue weighted by atomic mass is 10.0. The predicted molar refractivity (Wildman–Crippen MR) is 90.3 cm³/mol. The average Bonchev–Trinajstić information content (AvgIpc) is 2.61. The maximum absolute atomic E-state index is 13.1. The minimum absolute atomic E-state index is 0.0655. The van der Waals surface area contributed by atoms with Crippen LogP contribution in [0, 0.1) is 6.92 Å². The van der Waals surface area contributed by atoms with E-state index in [-0.39, 0.29) is 36.2 Å². The van der Waals surface area contributed by atoms with Crippen LogP contribution in [-0.2, 0) is 18.9 Å². The summed E-state index contributed by atoms with van der Waals surface area (Å²) >= 11 is 0. The quantitative estimate of drug-likeness (QED) is 0.655. The third-order valence-corrected chi connectivity index (χ3v) is 4.46. The van der Waals surface area contributed by atoms with Crippen LogP contribution in [-0.4, -0.2) is 28.9 Å². The Kier molecular flexibility index (Phi) is 5.46. The van der Waals surface area contributed by atoms with E-state index in [0.29, 0.717) is 24.1 Å². The van der Waals surface area contributed by atoms with E-state index in [1.165, 1.54) is 11.1 Å². The van der Waals surface area contributed by atoms with Crippen molar-refractivity contribution in [1.82, 2.24) is 9.88 Å². The van der Waals surface area contributed by atoms with Crippen molar-refractivity contribution in [2.24, 2.45) is 0 Å². The maximum Gasteiger partial charge on any atom is 0.416 e. The van der Waals surface area contributed by atoms with E-state index in [2.05, 4.69) is 4.98 Å². The molecule has 0 spiro atoms. The molecular weight excluding hydrogens is 402 g/mol. The minimum Gasteiger partial charge on any atom is -0.477 e. The topological polar surface area (TPSA) is 42.4 Å². The summed E-state index contributed by atoms with van der Waals surface area (Å²) in [4.78, 5) is 18.2.